The number of hydrogen-bond donors (Lipinski definition) is 2. The molecule has 2 aromatic heterocycles. The molecule has 0 unspecified atom stereocenters. The summed E-state index contributed by atoms with van der Waals surface area (Å²) < 4.78 is 10.0. The normalized spacial score (nSPS) is 10.6. The first-order chi connectivity index (χ1) is 11.6. The third-order valence-corrected chi connectivity index (χ3v) is 3.34. The van der Waals surface area contributed by atoms with Gasteiger partial charge in [0.1, 0.15) is 5.76 Å². The van der Waals surface area contributed by atoms with E-state index < -0.39 is 0 Å². The van der Waals surface area contributed by atoms with Gasteiger partial charge in [0.25, 0.3) is 0 Å². The number of benzene rings is 1. The fourth-order valence-electron chi connectivity index (χ4n) is 1.91. The van der Waals surface area contributed by atoms with Gasteiger partial charge in [-0.15, -0.1) is 0 Å². The minimum absolute atomic E-state index is 0.107. The first-order valence-electron chi connectivity index (χ1n) is 7.12. The number of rotatable bonds is 5. The van der Waals surface area contributed by atoms with E-state index in [-0.39, 0.29) is 18.5 Å². The van der Waals surface area contributed by atoms with Gasteiger partial charge in [0, 0.05) is 17.6 Å². The first kappa shape index (κ1) is 16.0. The molecule has 24 heavy (non-hydrogen) atoms. The summed E-state index contributed by atoms with van der Waals surface area (Å²) in [5.74, 6) is 1.23. The summed E-state index contributed by atoms with van der Waals surface area (Å²) >= 11 is 5.81. The van der Waals surface area contributed by atoms with Crippen molar-refractivity contribution in [3.8, 4) is 11.5 Å². The molecule has 3 aromatic rings. The van der Waals surface area contributed by atoms with Crippen molar-refractivity contribution < 1.29 is 13.8 Å². The van der Waals surface area contributed by atoms with Gasteiger partial charge in [-0.05, 0) is 24.6 Å². The zero-order valence-electron chi connectivity index (χ0n) is 12.7. The maximum atomic E-state index is 11.8. The predicted octanol–water partition coefficient (Wildman–Crippen LogP) is 2.69. The van der Waals surface area contributed by atoms with Crippen molar-refractivity contribution in [2.75, 3.05) is 0 Å². The van der Waals surface area contributed by atoms with Crippen LogP contribution in [-0.4, -0.2) is 21.3 Å². The lowest BCUT2D eigenvalue weighted by Gasteiger charge is -2.06. The molecule has 8 nitrogen and oxygen atoms in total. The number of nitrogens with one attached hydrogen (secondary N) is 2. The quantitative estimate of drug-likeness (QED) is 0.735. The van der Waals surface area contributed by atoms with Crippen LogP contribution in [0.1, 0.15) is 17.2 Å². The molecular formula is C15H14ClN5O3. The highest BCUT2D eigenvalue weighted by atomic mass is 35.5. The summed E-state index contributed by atoms with van der Waals surface area (Å²) in [5.41, 5.74) is 1.42. The monoisotopic (exact) mass is 347 g/mol. The van der Waals surface area contributed by atoms with Crippen LogP contribution in [0.3, 0.4) is 0 Å². The van der Waals surface area contributed by atoms with Crippen LogP contribution < -0.4 is 10.6 Å². The first-order valence-corrected chi connectivity index (χ1v) is 7.50. The second-order valence-corrected chi connectivity index (χ2v) is 5.43. The zero-order chi connectivity index (χ0) is 16.9. The lowest BCUT2D eigenvalue weighted by molar-refractivity contribution is 0.238. The van der Waals surface area contributed by atoms with Crippen molar-refractivity contribution in [2.24, 2.45) is 0 Å². The van der Waals surface area contributed by atoms with Crippen LogP contribution in [0.2, 0.25) is 5.02 Å². The topological polar surface area (TPSA) is 106 Å². The number of aromatic nitrogens is 3. The molecule has 2 heterocycles. The standard InChI is InChI=1S/C15H14ClN5O3/c1-9-6-12(20-23-9)14-19-13(24-21-14)8-18-15(22)17-7-10-2-4-11(16)5-3-10/h2-6H,7-8H2,1H3,(H2,17,18,22). The molecule has 0 spiro atoms. The molecule has 0 aliphatic carbocycles. The average molecular weight is 348 g/mol. The van der Waals surface area contributed by atoms with Crippen LogP contribution in [0.15, 0.2) is 39.4 Å². The van der Waals surface area contributed by atoms with Crippen LogP contribution in [-0.2, 0) is 13.1 Å². The van der Waals surface area contributed by atoms with Crippen LogP contribution in [0.4, 0.5) is 4.79 Å². The van der Waals surface area contributed by atoms with Crippen molar-refractivity contribution in [1.29, 1.82) is 0 Å². The second kappa shape index (κ2) is 7.14. The number of amides is 2. The average Bonchev–Trinajstić information content (AvgIpc) is 3.21. The van der Waals surface area contributed by atoms with Crippen molar-refractivity contribution in [3.05, 3.63) is 52.6 Å². The summed E-state index contributed by atoms with van der Waals surface area (Å²) in [6.07, 6.45) is 0. The van der Waals surface area contributed by atoms with E-state index in [4.69, 9.17) is 20.6 Å². The third kappa shape index (κ3) is 4.11. The molecular weight excluding hydrogens is 334 g/mol. The number of hydrogen-bond acceptors (Lipinski definition) is 6. The van der Waals surface area contributed by atoms with Gasteiger partial charge in [-0.2, -0.15) is 4.98 Å². The van der Waals surface area contributed by atoms with E-state index in [1.165, 1.54) is 0 Å². The van der Waals surface area contributed by atoms with E-state index >= 15 is 0 Å². The van der Waals surface area contributed by atoms with Gasteiger partial charge in [-0.3, -0.25) is 0 Å². The molecule has 0 radical (unpaired) electrons. The van der Waals surface area contributed by atoms with Gasteiger partial charge in [0.05, 0.1) is 6.54 Å². The van der Waals surface area contributed by atoms with Crippen LogP contribution in [0.25, 0.3) is 11.5 Å². The molecule has 0 fully saturated rings. The van der Waals surface area contributed by atoms with Gasteiger partial charge in [-0.1, -0.05) is 34.0 Å². The minimum Gasteiger partial charge on any atom is -0.361 e. The number of carbonyl (C=O) groups excluding carboxylic acids is 1. The number of carbonyl (C=O) groups is 1. The van der Waals surface area contributed by atoms with Crippen molar-refractivity contribution >= 4 is 17.6 Å². The highest BCUT2D eigenvalue weighted by Crippen LogP contribution is 2.15. The Bertz CT molecular complexity index is 828. The van der Waals surface area contributed by atoms with E-state index in [0.29, 0.717) is 28.8 Å². The molecule has 0 saturated heterocycles. The molecule has 0 saturated carbocycles. The van der Waals surface area contributed by atoms with Gasteiger partial charge in [-0.25, -0.2) is 4.79 Å². The van der Waals surface area contributed by atoms with E-state index in [0.717, 1.165) is 5.56 Å². The summed E-state index contributed by atoms with van der Waals surface area (Å²) in [7, 11) is 0. The smallest absolute Gasteiger partial charge is 0.315 e. The highest BCUT2D eigenvalue weighted by Gasteiger charge is 2.13. The van der Waals surface area contributed by atoms with E-state index in [1.807, 2.05) is 12.1 Å². The second-order valence-electron chi connectivity index (χ2n) is 5.00. The third-order valence-electron chi connectivity index (χ3n) is 3.09. The van der Waals surface area contributed by atoms with E-state index in [9.17, 15) is 4.79 Å². The summed E-state index contributed by atoms with van der Waals surface area (Å²) in [5, 5.41) is 13.6. The van der Waals surface area contributed by atoms with Gasteiger partial charge in [0.2, 0.25) is 11.7 Å². The molecule has 1 aromatic carbocycles. The van der Waals surface area contributed by atoms with Gasteiger partial charge >= 0.3 is 6.03 Å². The maximum Gasteiger partial charge on any atom is 0.315 e. The lowest BCUT2D eigenvalue weighted by atomic mass is 10.2. The molecule has 0 atom stereocenters. The predicted molar refractivity (Wildman–Crippen MR) is 85.1 cm³/mol. The van der Waals surface area contributed by atoms with Crippen molar-refractivity contribution in [1.82, 2.24) is 25.9 Å². The Kier molecular flexibility index (Phi) is 4.76. The minimum atomic E-state index is -0.345. The van der Waals surface area contributed by atoms with E-state index in [1.54, 1.807) is 25.1 Å². The Hall–Kier alpha value is -2.87. The van der Waals surface area contributed by atoms with Crippen molar-refractivity contribution in [3.63, 3.8) is 0 Å². The SMILES string of the molecule is Cc1cc(-c2noc(CNC(=O)NCc3ccc(Cl)cc3)n2)no1. The fraction of sp³-hybridized carbons (Fsp3) is 0.200. The Labute approximate surface area is 142 Å². The fourth-order valence-corrected chi connectivity index (χ4v) is 2.03. The zero-order valence-corrected chi connectivity index (χ0v) is 13.5. The summed E-state index contributed by atoms with van der Waals surface area (Å²) in [6, 6.07) is 8.56. The highest BCUT2D eigenvalue weighted by molar-refractivity contribution is 6.30. The Balaban J connectivity index is 1.48. The molecule has 2 amide bonds. The van der Waals surface area contributed by atoms with Crippen LogP contribution in [0, 0.1) is 6.92 Å². The number of aryl methyl sites for hydroxylation is 1. The molecule has 0 bridgehead atoms. The lowest BCUT2D eigenvalue weighted by Crippen LogP contribution is -2.34. The Morgan fingerprint density at radius 3 is 2.58 bits per heavy atom. The number of urea groups is 1. The number of halogens is 1. The van der Waals surface area contributed by atoms with Crippen LogP contribution in [0.5, 0.6) is 0 Å². The Morgan fingerprint density at radius 2 is 1.88 bits per heavy atom. The molecule has 124 valence electrons. The molecule has 9 heteroatoms. The van der Waals surface area contributed by atoms with Crippen molar-refractivity contribution in [2.45, 2.75) is 20.0 Å². The number of nitrogens with zero attached hydrogens (tertiary/aromatic N) is 3. The summed E-state index contributed by atoms with van der Waals surface area (Å²) in [4.78, 5) is 15.9. The Morgan fingerprint density at radius 1 is 1.12 bits per heavy atom. The summed E-state index contributed by atoms with van der Waals surface area (Å²) in [6.45, 7) is 2.26. The van der Waals surface area contributed by atoms with Gasteiger partial charge < -0.3 is 19.7 Å². The van der Waals surface area contributed by atoms with Crippen LogP contribution >= 0.6 is 11.6 Å². The largest absolute Gasteiger partial charge is 0.361 e. The van der Waals surface area contributed by atoms with E-state index in [2.05, 4.69) is 25.9 Å². The molecule has 0 aliphatic rings. The maximum absolute atomic E-state index is 11.8. The molecule has 0 aliphatic heterocycles. The van der Waals surface area contributed by atoms with Gasteiger partial charge in [0.15, 0.2) is 5.69 Å². The molecule has 3 rings (SSSR count). The molecule has 2 N–H and O–H groups in total.